The zero-order valence-electron chi connectivity index (χ0n) is 14.3. The molecule has 2 aromatic heterocycles. The molecule has 0 radical (unpaired) electrons. The average molecular weight is 376 g/mol. The predicted octanol–water partition coefficient (Wildman–Crippen LogP) is 3.69. The summed E-state index contributed by atoms with van der Waals surface area (Å²) in [5.41, 5.74) is 0.847. The van der Waals surface area contributed by atoms with Gasteiger partial charge < -0.3 is 9.84 Å². The number of carbonyl (C=O) groups excluding carboxylic acids is 1. The summed E-state index contributed by atoms with van der Waals surface area (Å²) in [6.07, 6.45) is 1.76. The molecule has 0 aliphatic rings. The summed E-state index contributed by atoms with van der Waals surface area (Å²) in [5, 5.41) is 9.71. The topological polar surface area (TPSA) is 80.9 Å². The molecule has 0 unspecified atom stereocenters. The van der Waals surface area contributed by atoms with Crippen molar-refractivity contribution in [2.75, 3.05) is 5.75 Å². The lowest BCUT2D eigenvalue weighted by Gasteiger charge is -2.05. The summed E-state index contributed by atoms with van der Waals surface area (Å²) in [4.78, 5) is 20.8. The summed E-state index contributed by atoms with van der Waals surface area (Å²) in [6.45, 7) is 0.221. The standard InChI is InChI=1S/C20H16N4O2S/c25-18(13-27-20-16-9-5-4-6-14(16)10-11-21-20)22-12-17-23-19(26-24-17)15-7-2-1-3-8-15/h1-11H,12-13H2,(H,22,25). The van der Waals surface area contributed by atoms with Gasteiger partial charge in [-0.1, -0.05) is 59.4 Å². The number of nitrogens with one attached hydrogen (secondary N) is 1. The number of nitrogens with zero attached hydrogens (tertiary/aromatic N) is 3. The molecule has 0 bridgehead atoms. The molecule has 6 nitrogen and oxygen atoms in total. The first-order chi connectivity index (χ1) is 13.3. The van der Waals surface area contributed by atoms with Crippen molar-refractivity contribution in [3.05, 3.63) is 72.7 Å². The van der Waals surface area contributed by atoms with E-state index < -0.39 is 0 Å². The predicted molar refractivity (Wildman–Crippen MR) is 104 cm³/mol. The van der Waals surface area contributed by atoms with Crippen molar-refractivity contribution in [3.63, 3.8) is 0 Å². The maximum Gasteiger partial charge on any atom is 0.257 e. The third-order valence-corrected chi connectivity index (χ3v) is 4.91. The zero-order chi connectivity index (χ0) is 18.5. The maximum absolute atomic E-state index is 12.2. The molecule has 4 aromatic rings. The Morgan fingerprint density at radius 3 is 2.74 bits per heavy atom. The normalized spacial score (nSPS) is 10.8. The van der Waals surface area contributed by atoms with Gasteiger partial charge in [0.2, 0.25) is 5.91 Å². The number of hydrogen-bond donors (Lipinski definition) is 1. The molecule has 0 fully saturated rings. The van der Waals surface area contributed by atoms with Crippen LogP contribution in [0.1, 0.15) is 5.82 Å². The van der Waals surface area contributed by atoms with Gasteiger partial charge in [-0.15, -0.1) is 0 Å². The van der Waals surface area contributed by atoms with Crippen LogP contribution in [0, 0.1) is 0 Å². The second kappa shape index (κ2) is 8.01. The number of amides is 1. The van der Waals surface area contributed by atoms with E-state index in [2.05, 4.69) is 20.4 Å². The molecule has 4 rings (SSSR count). The summed E-state index contributed by atoms with van der Waals surface area (Å²) < 4.78 is 5.23. The first-order valence-corrected chi connectivity index (χ1v) is 9.39. The Morgan fingerprint density at radius 2 is 1.85 bits per heavy atom. The van der Waals surface area contributed by atoms with Gasteiger partial charge in [0.05, 0.1) is 12.3 Å². The summed E-state index contributed by atoms with van der Waals surface area (Å²) in [7, 11) is 0. The molecule has 7 heteroatoms. The number of thioether (sulfide) groups is 1. The monoisotopic (exact) mass is 376 g/mol. The second-order valence-corrected chi connectivity index (χ2v) is 6.75. The van der Waals surface area contributed by atoms with Gasteiger partial charge in [-0.3, -0.25) is 4.79 Å². The third-order valence-electron chi connectivity index (χ3n) is 3.91. The van der Waals surface area contributed by atoms with Crippen LogP contribution in [0.5, 0.6) is 0 Å². The van der Waals surface area contributed by atoms with Gasteiger partial charge >= 0.3 is 0 Å². The lowest BCUT2D eigenvalue weighted by molar-refractivity contribution is -0.118. The minimum atomic E-state index is -0.110. The fourth-order valence-corrected chi connectivity index (χ4v) is 3.44. The van der Waals surface area contributed by atoms with Crippen LogP contribution in [0.2, 0.25) is 0 Å². The SMILES string of the molecule is O=C(CSc1nccc2ccccc12)NCc1noc(-c2ccccc2)n1. The van der Waals surface area contributed by atoms with Crippen LogP contribution in [-0.4, -0.2) is 26.8 Å². The van der Waals surface area contributed by atoms with E-state index in [9.17, 15) is 4.79 Å². The maximum atomic E-state index is 12.2. The second-order valence-electron chi connectivity index (χ2n) is 5.78. The van der Waals surface area contributed by atoms with Crippen LogP contribution in [0.15, 0.2) is 76.4 Å². The number of fused-ring (bicyclic) bond motifs is 1. The van der Waals surface area contributed by atoms with E-state index >= 15 is 0 Å². The summed E-state index contributed by atoms with van der Waals surface area (Å²) >= 11 is 1.41. The van der Waals surface area contributed by atoms with Crippen molar-refractivity contribution in [1.82, 2.24) is 20.4 Å². The van der Waals surface area contributed by atoms with Crippen LogP contribution in [0.4, 0.5) is 0 Å². The lowest BCUT2D eigenvalue weighted by atomic mass is 10.2. The largest absolute Gasteiger partial charge is 0.348 e. The van der Waals surface area contributed by atoms with Gasteiger partial charge in [-0.05, 0) is 23.6 Å². The van der Waals surface area contributed by atoms with E-state index in [1.807, 2.05) is 60.7 Å². The van der Waals surface area contributed by atoms with E-state index in [1.54, 1.807) is 6.20 Å². The Balaban J connectivity index is 1.33. The van der Waals surface area contributed by atoms with Crippen molar-refractivity contribution in [1.29, 1.82) is 0 Å². The Bertz CT molecular complexity index is 1060. The minimum absolute atomic E-state index is 0.110. The Labute approximate surface area is 160 Å². The fraction of sp³-hybridized carbons (Fsp3) is 0.100. The first kappa shape index (κ1) is 17.2. The van der Waals surface area contributed by atoms with Crippen LogP contribution < -0.4 is 5.32 Å². The van der Waals surface area contributed by atoms with Crippen LogP contribution >= 0.6 is 11.8 Å². The lowest BCUT2D eigenvalue weighted by Crippen LogP contribution is -2.25. The Morgan fingerprint density at radius 1 is 1.04 bits per heavy atom. The molecule has 27 heavy (non-hydrogen) atoms. The first-order valence-electron chi connectivity index (χ1n) is 8.41. The van der Waals surface area contributed by atoms with Crippen molar-refractivity contribution >= 4 is 28.4 Å². The zero-order valence-corrected chi connectivity index (χ0v) is 15.1. The Kier molecular flexibility index (Phi) is 5.11. The number of carbonyl (C=O) groups is 1. The highest BCUT2D eigenvalue weighted by atomic mass is 32.2. The molecule has 1 N–H and O–H groups in total. The molecule has 0 saturated heterocycles. The van der Waals surface area contributed by atoms with Crippen molar-refractivity contribution in [2.45, 2.75) is 11.6 Å². The van der Waals surface area contributed by atoms with Gasteiger partial charge in [-0.25, -0.2) is 4.98 Å². The van der Waals surface area contributed by atoms with Gasteiger partial charge in [0.25, 0.3) is 5.89 Å². The highest BCUT2D eigenvalue weighted by Gasteiger charge is 2.11. The molecule has 0 saturated carbocycles. The van der Waals surface area contributed by atoms with E-state index in [0.29, 0.717) is 11.7 Å². The fourth-order valence-electron chi connectivity index (χ4n) is 2.59. The molecule has 0 spiro atoms. The number of hydrogen-bond acceptors (Lipinski definition) is 6. The van der Waals surface area contributed by atoms with E-state index in [0.717, 1.165) is 21.4 Å². The summed E-state index contributed by atoms with van der Waals surface area (Å²) in [6, 6.07) is 19.5. The van der Waals surface area contributed by atoms with Crippen LogP contribution in [0.25, 0.3) is 22.2 Å². The quantitative estimate of drug-likeness (QED) is 0.517. The van der Waals surface area contributed by atoms with Gasteiger partial charge in [-0.2, -0.15) is 4.98 Å². The highest BCUT2D eigenvalue weighted by molar-refractivity contribution is 8.00. The number of pyridine rings is 1. The van der Waals surface area contributed by atoms with Crippen LogP contribution in [0.3, 0.4) is 0 Å². The van der Waals surface area contributed by atoms with Crippen molar-refractivity contribution in [3.8, 4) is 11.5 Å². The number of rotatable bonds is 6. The average Bonchev–Trinajstić information content (AvgIpc) is 3.20. The van der Waals surface area contributed by atoms with E-state index in [1.165, 1.54) is 11.8 Å². The molecule has 0 aliphatic heterocycles. The molecule has 0 aliphatic carbocycles. The molecule has 2 heterocycles. The molecule has 1 amide bonds. The smallest absolute Gasteiger partial charge is 0.257 e. The molecular weight excluding hydrogens is 360 g/mol. The third kappa shape index (κ3) is 4.15. The van der Waals surface area contributed by atoms with Crippen molar-refractivity contribution < 1.29 is 9.32 Å². The molecule has 134 valence electrons. The summed E-state index contributed by atoms with van der Waals surface area (Å²) in [5.74, 6) is 1.04. The van der Waals surface area contributed by atoms with Gasteiger partial charge in [0.1, 0.15) is 5.03 Å². The Hall–Kier alpha value is -3.19. The number of benzene rings is 2. The van der Waals surface area contributed by atoms with Gasteiger partial charge in [0, 0.05) is 17.1 Å². The van der Waals surface area contributed by atoms with Crippen LogP contribution in [-0.2, 0) is 11.3 Å². The molecule has 0 atom stereocenters. The number of aromatic nitrogens is 3. The van der Waals surface area contributed by atoms with E-state index in [4.69, 9.17) is 4.52 Å². The highest BCUT2D eigenvalue weighted by Crippen LogP contribution is 2.25. The molecule has 2 aromatic carbocycles. The minimum Gasteiger partial charge on any atom is -0.348 e. The molecular formula is C20H16N4O2S. The van der Waals surface area contributed by atoms with Gasteiger partial charge in [0.15, 0.2) is 5.82 Å². The van der Waals surface area contributed by atoms with E-state index in [-0.39, 0.29) is 18.2 Å². The van der Waals surface area contributed by atoms with Crippen molar-refractivity contribution in [2.24, 2.45) is 0 Å².